The SMILES string of the molecule is COc1ccc2c(c1)C(=CC=C1C=CC=C(C)N1C)C=N2. The Kier molecular flexibility index (Phi) is 3.48. The molecule has 0 saturated carbocycles. The van der Waals surface area contributed by atoms with Crippen LogP contribution >= 0.6 is 0 Å². The van der Waals surface area contributed by atoms with Crippen LogP contribution in [0.4, 0.5) is 5.69 Å². The van der Waals surface area contributed by atoms with Gasteiger partial charge in [-0.15, -0.1) is 0 Å². The Labute approximate surface area is 125 Å². The zero-order chi connectivity index (χ0) is 14.8. The minimum atomic E-state index is 0.853. The summed E-state index contributed by atoms with van der Waals surface area (Å²) >= 11 is 0. The molecule has 0 fully saturated rings. The third kappa shape index (κ3) is 2.55. The molecular weight excluding hydrogens is 260 g/mol. The largest absolute Gasteiger partial charge is 0.497 e. The van der Waals surface area contributed by atoms with Gasteiger partial charge in [-0.1, -0.05) is 12.2 Å². The lowest BCUT2D eigenvalue weighted by molar-refractivity contribution is 0.415. The van der Waals surface area contributed by atoms with E-state index in [-0.39, 0.29) is 0 Å². The molecule has 1 aromatic rings. The molecule has 0 unspecified atom stereocenters. The minimum Gasteiger partial charge on any atom is -0.497 e. The highest BCUT2D eigenvalue weighted by Crippen LogP contribution is 2.34. The van der Waals surface area contributed by atoms with Gasteiger partial charge in [-0.05, 0) is 43.4 Å². The average molecular weight is 278 g/mol. The second-order valence-electron chi connectivity index (χ2n) is 5.08. The molecule has 3 nitrogen and oxygen atoms in total. The summed E-state index contributed by atoms with van der Waals surface area (Å²) in [5.74, 6) is 0.853. The van der Waals surface area contributed by atoms with Crippen LogP contribution < -0.4 is 4.74 Å². The quantitative estimate of drug-likeness (QED) is 0.814. The third-order valence-electron chi connectivity index (χ3n) is 3.81. The smallest absolute Gasteiger partial charge is 0.119 e. The number of ether oxygens (including phenoxy) is 1. The van der Waals surface area contributed by atoms with Crippen LogP contribution in [0, 0.1) is 0 Å². The predicted octanol–water partition coefficient (Wildman–Crippen LogP) is 4.08. The van der Waals surface area contributed by atoms with Crippen molar-refractivity contribution in [1.82, 2.24) is 4.90 Å². The highest BCUT2D eigenvalue weighted by Gasteiger charge is 2.13. The first-order valence-electron chi connectivity index (χ1n) is 6.92. The van der Waals surface area contributed by atoms with Crippen LogP contribution in [0.15, 0.2) is 65.0 Å². The summed E-state index contributed by atoms with van der Waals surface area (Å²) in [6.07, 6.45) is 12.4. The number of likely N-dealkylation sites (N-methyl/N-ethyl adjacent to an activating group) is 1. The number of benzene rings is 1. The summed E-state index contributed by atoms with van der Waals surface area (Å²) in [6.45, 7) is 2.10. The van der Waals surface area contributed by atoms with Crippen molar-refractivity contribution in [2.24, 2.45) is 4.99 Å². The Hall–Kier alpha value is -2.55. The molecule has 0 radical (unpaired) electrons. The molecule has 2 heterocycles. The first-order valence-corrected chi connectivity index (χ1v) is 6.92. The van der Waals surface area contributed by atoms with E-state index in [9.17, 15) is 0 Å². The molecule has 106 valence electrons. The van der Waals surface area contributed by atoms with Crippen LogP contribution in [0.25, 0.3) is 5.57 Å². The number of fused-ring (bicyclic) bond motifs is 1. The molecule has 0 N–H and O–H groups in total. The number of hydrogen-bond donors (Lipinski definition) is 0. The van der Waals surface area contributed by atoms with Crippen molar-refractivity contribution < 1.29 is 4.74 Å². The van der Waals surface area contributed by atoms with E-state index in [1.165, 1.54) is 5.70 Å². The number of rotatable bonds is 2. The monoisotopic (exact) mass is 278 g/mol. The van der Waals surface area contributed by atoms with Crippen molar-refractivity contribution in [3.8, 4) is 5.75 Å². The van der Waals surface area contributed by atoms with E-state index < -0.39 is 0 Å². The summed E-state index contributed by atoms with van der Waals surface area (Å²) < 4.78 is 5.29. The molecule has 21 heavy (non-hydrogen) atoms. The van der Waals surface area contributed by atoms with E-state index in [0.717, 1.165) is 28.3 Å². The normalized spacial score (nSPS) is 20.1. The molecule has 0 bridgehead atoms. The highest BCUT2D eigenvalue weighted by atomic mass is 16.5. The Bertz CT molecular complexity index is 721. The maximum absolute atomic E-state index is 5.29. The fourth-order valence-electron chi connectivity index (χ4n) is 2.38. The van der Waals surface area contributed by atoms with Gasteiger partial charge in [-0.3, -0.25) is 4.99 Å². The lowest BCUT2D eigenvalue weighted by Gasteiger charge is -2.23. The number of aliphatic imine (C=N–C) groups is 1. The van der Waals surface area contributed by atoms with E-state index in [1.807, 2.05) is 24.4 Å². The Balaban J connectivity index is 1.92. The van der Waals surface area contributed by atoms with Gasteiger partial charge in [0, 0.05) is 35.8 Å². The Morgan fingerprint density at radius 1 is 1.24 bits per heavy atom. The van der Waals surface area contributed by atoms with Crippen molar-refractivity contribution in [3.05, 3.63) is 65.5 Å². The fraction of sp³-hybridized carbons (Fsp3) is 0.167. The molecule has 0 aromatic heterocycles. The second kappa shape index (κ2) is 5.44. The number of hydrogen-bond acceptors (Lipinski definition) is 3. The van der Waals surface area contributed by atoms with E-state index >= 15 is 0 Å². The standard InChI is InChI=1S/C18H18N2O/c1-13-5-4-6-15(20(13)2)8-7-14-12-19-18-10-9-16(21-3)11-17(14)18/h4-12H,1-3H3. The summed E-state index contributed by atoms with van der Waals surface area (Å²) in [5.41, 5.74) is 5.59. The molecule has 0 aliphatic carbocycles. The summed E-state index contributed by atoms with van der Waals surface area (Å²) in [5, 5.41) is 0. The van der Waals surface area contributed by atoms with Gasteiger partial charge in [0.1, 0.15) is 5.75 Å². The zero-order valence-electron chi connectivity index (χ0n) is 12.5. The van der Waals surface area contributed by atoms with Crippen molar-refractivity contribution in [2.45, 2.75) is 6.92 Å². The summed E-state index contributed by atoms with van der Waals surface area (Å²) in [4.78, 5) is 6.60. The molecule has 2 aliphatic rings. The number of nitrogens with zero attached hydrogens (tertiary/aromatic N) is 2. The third-order valence-corrected chi connectivity index (χ3v) is 3.81. The van der Waals surface area contributed by atoms with E-state index in [2.05, 4.69) is 54.2 Å². The highest BCUT2D eigenvalue weighted by molar-refractivity contribution is 6.16. The molecule has 0 atom stereocenters. The molecule has 1 aromatic carbocycles. The molecule has 0 amide bonds. The lowest BCUT2D eigenvalue weighted by Crippen LogP contribution is -2.15. The molecular formula is C18H18N2O. The first-order chi connectivity index (χ1) is 10.2. The Morgan fingerprint density at radius 3 is 2.90 bits per heavy atom. The van der Waals surface area contributed by atoms with Gasteiger partial charge >= 0.3 is 0 Å². The van der Waals surface area contributed by atoms with Crippen molar-refractivity contribution >= 4 is 17.5 Å². The van der Waals surface area contributed by atoms with E-state index in [0.29, 0.717) is 0 Å². The molecule has 3 heteroatoms. The van der Waals surface area contributed by atoms with Gasteiger partial charge in [0.25, 0.3) is 0 Å². The van der Waals surface area contributed by atoms with Crippen molar-refractivity contribution in [2.75, 3.05) is 14.2 Å². The summed E-state index contributed by atoms with van der Waals surface area (Å²) in [6, 6.07) is 5.94. The zero-order valence-corrected chi connectivity index (χ0v) is 12.5. The maximum atomic E-state index is 5.29. The molecule has 0 saturated heterocycles. The average Bonchev–Trinajstić information content (AvgIpc) is 2.91. The van der Waals surface area contributed by atoms with Gasteiger partial charge < -0.3 is 9.64 Å². The fourth-order valence-corrected chi connectivity index (χ4v) is 2.38. The second-order valence-corrected chi connectivity index (χ2v) is 5.08. The predicted molar refractivity (Wildman–Crippen MR) is 87.9 cm³/mol. The van der Waals surface area contributed by atoms with Crippen LogP contribution in [0.3, 0.4) is 0 Å². The molecule has 3 rings (SSSR count). The van der Waals surface area contributed by atoms with Gasteiger partial charge in [0.15, 0.2) is 0 Å². The first kappa shape index (κ1) is 13.4. The minimum absolute atomic E-state index is 0.853. The van der Waals surface area contributed by atoms with Crippen LogP contribution in [0.2, 0.25) is 0 Å². The van der Waals surface area contributed by atoms with E-state index in [1.54, 1.807) is 7.11 Å². The molecule has 0 spiro atoms. The van der Waals surface area contributed by atoms with Crippen molar-refractivity contribution in [1.29, 1.82) is 0 Å². The van der Waals surface area contributed by atoms with Crippen LogP contribution in [0.1, 0.15) is 12.5 Å². The molecule has 2 aliphatic heterocycles. The van der Waals surface area contributed by atoms with Gasteiger partial charge in [-0.25, -0.2) is 0 Å². The van der Waals surface area contributed by atoms with Gasteiger partial charge in [0.05, 0.1) is 12.8 Å². The lowest BCUT2D eigenvalue weighted by atomic mass is 10.1. The van der Waals surface area contributed by atoms with E-state index in [4.69, 9.17) is 4.74 Å². The maximum Gasteiger partial charge on any atom is 0.119 e. The number of allylic oxidation sites excluding steroid dienone is 7. The van der Waals surface area contributed by atoms with Gasteiger partial charge in [-0.2, -0.15) is 0 Å². The number of methoxy groups -OCH3 is 1. The van der Waals surface area contributed by atoms with Crippen molar-refractivity contribution in [3.63, 3.8) is 0 Å². The van der Waals surface area contributed by atoms with Crippen LogP contribution in [-0.2, 0) is 0 Å². The summed E-state index contributed by atoms with van der Waals surface area (Å²) in [7, 11) is 3.75. The van der Waals surface area contributed by atoms with Gasteiger partial charge in [0.2, 0.25) is 0 Å². The Morgan fingerprint density at radius 2 is 2.10 bits per heavy atom. The van der Waals surface area contributed by atoms with Crippen LogP contribution in [0.5, 0.6) is 5.75 Å². The topological polar surface area (TPSA) is 24.8 Å². The van der Waals surface area contributed by atoms with Crippen LogP contribution in [-0.4, -0.2) is 25.3 Å².